The molecule has 2 rings (SSSR count). The first-order chi connectivity index (χ1) is 8.41. The van der Waals surface area contributed by atoms with E-state index in [4.69, 9.17) is 11.6 Å². The number of benzene rings is 1. The molecule has 1 aromatic rings. The average molecular weight is 265 g/mol. The number of nitrogens with zero attached hydrogens (tertiary/aromatic N) is 1. The van der Waals surface area contributed by atoms with E-state index in [1.165, 1.54) is 0 Å². The summed E-state index contributed by atoms with van der Waals surface area (Å²) in [5.41, 5.74) is 5.21. The van der Waals surface area contributed by atoms with E-state index >= 15 is 0 Å². The van der Waals surface area contributed by atoms with E-state index in [0.29, 0.717) is 21.9 Å². The van der Waals surface area contributed by atoms with Crippen molar-refractivity contribution in [3.8, 4) is 0 Å². The van der Waals surface area contributed by atoms with E-state index in [2.05, 4.69) is 5.43 Å². The van der Waals surface area contributed by atoms with Crippen molar-refractivity contribution in [2.24, 2.45) is 0 Å². The molecule has 0 saturated carbocycles. The van der Waals surface area contributed by atoms with Crippen molar-refractivity contribution < 1.29 is 9.59 Å². The van der Waals surface area contributed by atoms with Gasteiger partial charge in [0.25, 0.3) is 11.8 Å². The molecule has 2 amide bonds. The zero-order valence-corrected chi connectivity index (χ0v) is 11.1. The highest BCUT2D eigenvalue weighted by atomic mass is 35.5. The van der Waals surface area contributed by atoms with Gasteiger partial charge in [-0.3, -0.25) is 15.0 Å². The number of hydrogen-bond donors (Lipinski definition) is 1. The number of carbonyl (C=O) groups is 2. The number of nitrogens with one attached hydrogen (secondary N) is 1. The maximum Gasteiger partial charge on any atom is 0.275 e. The van der Waals surface area contributed by atoms with E-state index in [0.717, 1.165) is 10.6 Å². The predicted octanol–water partition coefficient (Wildman–Crippen LogP) is 2.68. The molecule has 0 unspecified atom stereocenters. The van der Waals surface area contributed by atoms with Crippen molar-refractivity contribution >= 4 is 29.1 Å². The molecule has 1 aliphatic rings. The van der Waals surface area contributed by atoms with Crippen LogP contribution in [0, 0.1) is 6.92 Å². The summed E-state index contributed by atoms with van der Waals surface area (Å²) in [5, 5.41) is 1.46. The summed E-state index contributed by atoms with van der Waals surface area (Å²) in [6.07, 6.45) is 0. The van der Waals surface area contributed by atoms with Crippen LogP contribution in [-0.2, 0) is 9.59 Å². The Morgan fingerprint density at radius 1 is 1.06 bits per heavy atom. The molecule has 4 nitrogen and oxygen atoms in total. The molecule has 1 heterocycles. The number of halogens is 1. The molecule has 0 radical (unpaired) electrons. The normalized spacial score (nSPS) is 15.7. The smallest absolute Gasteiger partial charge is 0.275 e. The Hall–Kier alpha value is -1.81. The summed E-state index contributed by atoms with van der Waals surface area (Å²) in [5.74, 6) is -0.678. The monoisotopic (exact) mass is 264 g/mol. The minimum Gasteiger partial charge on any atom is -0.287 e. The van der Waals surface area contributed by atoms with Gasteiger partial charge in [-0.2, -0.15) is 5.01 Å². The topological polar surface area (TPSA) is 49.4 Å². The molecule has 94 valence electrons. The predicted molar refractivity (Wildman–Crippen MR) is 70.0 cm³/mol. The van der Waals surface area contributed by atoms with Gasteiger partial charge in [-0.25, -0.2) is 0 Å². The van der Waals surface area contributed by atoms with Crippen LogP contribution in [0.4, 0.5) is 5.69 Å². The van der Waals surface area contributed by atoms with Crippen molar-refractivity contribution in [3.05, 3.63) is 39.9 Å². The van der Waals surface area contributed by atoms with Gasteiger partial charge in [0.2, 0.25) is 0 Å². The number of hydrazine groups is 1. The second-order valence-electron chi connectivity index (χ2n) is 4.29. The van der Waals surface area contributed by atoms with Crippen LogP contribution in [0.15, 0.2) is 29.3 Å². The second-order valence-corrected chi connectivity index (χ2v) is 4.70. The molecule has 0 saturated heterocycles. The molecule has 1 N–H and O–H groups in total. The van der Waals surface area contributed by atoms with Gasteiger partial charge >= 0.3 is 0 Å². The number of carbonyl (C=O) groups excluding carboxylic acids is 2. The molecular formula is C13H13ClN2O2. The molecule has 1 aliphatic heterocycles. The number of amides is 2. The Kier molecular flexibility index (Phi) is 3.13. The van der Waals surface area contributed by atoms with Crippen molar-refractivity contribution in [3.63, 3.8) is 0 Å². The van der Waals surface area contributed by atoms with E-state index in [1.807, 2.05) is 13.0 Å². The Morgan fingerprint density at radius 2 is 1.61 bits per heavy atom. The summed E-state index contributed by atoms with van der Waals surface area (Å²) >= 11 is 6.05. The minimum absolute atomic E-state index is 0.339. The first-order valence-electron chi connectivity index (χ1n) is 5.51. The molecule has 1 aromatic carbocycles. The maximum atomic E-state index is 11.9. The van der Waals surface area contributed by atoms with Crippen molar-refractivity contribution in [1.29, 1.82) is 0 Å². The standard InChI is InChI=1S/C13H13ClN2O2/c1-7-4-5-11(10(14)6-7)15-16-12(17)8(2)9(3)13(16)18/h4-6,15H,1-3H3. The fraction of sp³-hybridized carbons (Fsp3) is 0.231. The van der Waals surface area contributed by atoms with Gasteiger partial charge in [0.1, 0.15) is 0 Å². The van der Waals surface area contributed by atoms with Crippen LogP contribution in [0.3, 0.4) is 0 Å². The number of rotatable bonds is 2. The summed E-state index contributed by atoms with van der Waals surface area (Å²) in [6.45, 7) is 5.18. The fourth-order valence-corrected chi connectivity index (χ4v) is 1.96. The zero-order chi connectivity index (χ0) is 13.4. The number of hydrogen-bond acceptors (Lipinski definition) is 3. The summed E-state index contributed by atoms with van der Waals surface area (Å²) in [6, 6.07) is 5.36. The molecule has 0 fully saturated rings. The molecule has 0 bridgehead atoms. The number of imide groups is 1. The van der Waals surface area contributed by atoms with Crippen LogP contribution in [0.1, 0.15) is 19.4 Å². The van der Waals surface area contributed by atoms with Gasteiger partial charge in [0.05, 0.1) is 10.7 Å². The largest absolute Gasteiger partial charge is 0.287 e. The Balaban J connectivity index is 2.26. The van der Waals surface area contributed by atoms with Crippen LogP contribution in [0.2, 0.25) is 5.02 Å². The highest BCUT2D eigenvalue weighted by molar-refractivity contribution is 6.33. The van der Waals surface area contributed by atoms with Crippen LogP contribution in [0.25, 0.3) is 0 Å². The third kappa shape index (κ3) is 1.99. The Morgan fingerprint density at radius 3 is 2.11 bits per heavy atom. The molecule has 0 aliphatic carbocycles. The Labute approximate surface area is 110 Å². The van der Waals surface area contributed by atoms with Gasteiger partial charge in [0.15, 0.2) is 0 Å². The lowest BCUT2D eigenvalue weighted by Crippen LogP contribution is -2.36. The summed E-state index contributed by atoms with van der Waals surface area (Å²) < 4.78 is 0. The maximum absolute atomic E-state index is 11.9. The Bertz CT molecular complexity index is 554. The quantitative estimate of drug-likeness (QED) is 0.836. The van der Waals surface area contributed by atoms with Gasteiger partial charge in [-0.1, -0.05) is 17.7 Å². The van der Waals surface area contributed by atoms with Crippen LogP contribution >= 0.6 is 11.6 Å². The highest BCUT2D eigenvalue weighted by Gasteiger charge is 2.33. The van der Waals surface area contributed by atoms with Crippen molar-refractivity contribution in [2.45, 2.75) is 20.8 Å². The van der Waals surface area contributed by atoms with Crippen molar-refractivity contribution in [2.75, 3.05) is 5.43 Å². The van der Waals surface area contributed by atoms with Gasteiger partial charge in [-0.15, -0.1) is 0 Å². The molecule has 0 spiro atoms. The van der Waals surface area contributed by atoms with Gasteiger partial charge < -0.3 is 0 Å². The second kappa shape index (κ2) is 4.46. The number of anilines is 1. The summed E-state index contributed by atoms with van der Waals surface area (Å²) in [4.78, 5) is 23.7. The highest BCUT2D eigenvalue weighted by Crippen LogP contribution is 2.26. The van der Waals surface area contributed by atoms with Gasteiger partial charge in [0, 0.05) is 11.1 Å². The van der Waals surface area contributed by atoms with Gasteiger partial charge in [-0.05, 0) is 38.5 Å². The lowest BCUT2D eigenvalue weighted by Gasteiger charge is -2.18. The molecule has 0 atom stereocenters. The molecule has 0 aromatic heterocycles. The fourth-order valence-electron chi connectivity index (χ4n) is 1.68. The first-order valence-corrected chi connectivity index (χ1v) is 5.88. The van der Waals surface area contributed by atoms with Crippen LogP contribution in [-0.4, -0.2) is 16.8 Å². The molecule has 5 heteroatoms. The minimum atomic E-state index is -0.339. The van der Waals surface area contributed by atoms with Crippen molar-refractivity contribution in [1.82, 2.24) is 5.01 Å². The lowest BCUT2D eigenvalue weighted by atomic mass is 10.2. The number of aryl methyl sites for hydroxylation is 1. The van der Waals surface area contributed by atoms with E-state index < -0.39 is 0 Å². The van der Waals surface area contributed by atoms with E-state index in [-0.39, 0.29) is 11.8 Å². The van der Waals surface area contributed by atoms with E-state index in [1.54, 1.807) is 26.0 Å². The molecular weight excluding hydrogens is 252 g/mol. The first kappa shape index (κ1) is 12.6. The third-order valence-electron chi connectivity index (χ3n) is 2.97. The third-order valence-corrected chi connectivity index (χ3v) is 3.28. The molecule has 18 heavy (non-hydrogen) atoms. The summed E-state index contributed by atoms with van der Waals surface area (Å²) in [7, 11) is 0. The van der Waals surface area contributed by atoms with Crippen LogP contribution in [0.5, 0.6) is 0 Å². The zero-order valence-electron chi connectivity index (χ0n) is 10.4. The average Bonchev–Trinajstić information content (AvgIpc) is 2.50. The SMILES string of the molecule is CC1=C(C)C(=O)N(Nc2ccc(C)cc2Cl)C1=O. The lowest BCUT2D eigenvalue weighted by molar-refractivity contribution is -0.135. The van der Waals surface area contributed by atoms with E-state index in [9.17, 15) is 9.59 Å². The van der Waals surface area contributed by atoms with Crippen LogP contribution < -0.4 is 5.43 Å².